The maximum atomic E-state index is 11.3. The Morgan fingerprint density at radius 1 is 1.50 bits per heavy atom. The van der Waals surface area contributed by atoms with Gasteiger partial charge in [0.1, 0.15) is 0 Å². The van der Waals surface area contributed by atoms with Crippen molar-refractivity contribution in [2.75, 3.05) is 30.5 Å². The van der Waals surface area contributed by atoms with Crippen LogP contribution in [0.3, 0.4) is 0 Å². The second-order valence-corrected chi connectivity index (χ2v) is 6.70. The number of aromatic nitrogens is 2. The smallest absolute Gasteiger partial charge is 0.204 e. The molecule has 1 N–H and O–H groups in total. The van der Waals surface area contributed by atoms with Gasteiger partial charge in [-0.2, -0.15) is 0 Å². The molecule has 0 saturated carbocycles. The molecule has 0 radical (unpaired) electrons. The third kappa shape index (κ3) is 3.11. The summed E-state index contributed by atoms with van der Waals surface area (Å²) in [5.74, 6) is 2.65. The summed E-state index contributed by atoms with van der Waals surface area (Å²) in [7, 11) is 5.45. The summed E-state index contributed by atoms with van der Waals surface area (Å²) in [5.41, 5.74) is 1.19. The highest BCUT2D eigenvalue weighted by Crippen LogP contribution is 2.13. The van der Waals surface area contributed by atoms with Crippen molar-refractivity contribution in [3.63, 3.8) is 0 Å². The quantitative estimate of drug-likeness (QED) is 0.865. The summed E-state index contributed by atoms with van der Waals surface area (Å²) in [6, 6.07) is 0.500. The fraction of sp³-hybridized carbons (Fsp3) is 0.750. The predicted molar refractivity (Wildman–Crippen MR) is 75.3 cm³/mol. The first kappa shape index (κ1) is 13.5. The Morgan fingerprint density at radius 3 is 2.72 bits per heavy atom. The number of nitrogens with one attached hydrogen (secondary N) is 1. The standard InChI is InChI=1S/C12H22N4OS/c1-15(2)12-14-9-11(16(12)3)8-13-10-4-6-18(17)7-5-10/h9-10,13H,4-8H2,1-3H3. The van der Waals surface area contributed by atoms with E-state index in [2.05, 4.69) is 14.9 Å². The van der Waals surface area contributed by atoms with Crippen LogP contribution in [0.15, 0.2) is 6.20 Å². The van der Waals surface area contributed by atoms with Crippen molar-refractivity contribution in [1.29, 1.82) is 0 Å². The average Bonchev–Trinajstić information content (AvgIpc) is 2.70. The molecule has 102 valence electrons. The zero-order valence-corrected chi connectivity index (χ0v) is 12.2. The molecule has 1 aliphatic rings. The molecule has 1 aliphatic heterocycles. The van der Waals surface area contributed by atoms with Crippen molar-refractivity contribution in [3.05, 3.63) is 11.9 Å². The molecule has 6 heteroatoms. The third-order valence-electron chi connectivity index (χ3n) is 3.42. The molecule has 5 nitrogen and oxygen atoms in total. The van der Waals surface area contributed by atoms with Crippen LogP contribution in [0, 0.1) is 0 Å². The van der Waals surface area contributed by atoms with E-state index in [1.165, 1.54) is 5.69 Å². The molecule has 0 bridgehead atoms. The molecule has 2 heterocycles. The molecule has 18 heavy (non-hydrogen) atoms. The highest BCUT2D eigenvalue weighted by molar-refractivity contribution is 7.85. The summed E-state index contributed by atoms with van der Waals surface area (Å²) in [4.78, 5) is 6.40. The Morgan fingerprint density at radius 2 is 2.17 bits per heavy atom. The fourth-order valence-corrected chi connectivity index (χ4v) is 3.56. The predicted octanol–water partition coefficient (Wildman–Crippen LogP) is 0.487. The first-order valence-corrected chi connectivity index (χ1v) is 7.83. The molecule has 1 saturated heterocycles. The van der Waals surface area contributed by atoms with Crippen molar-refractivity contribution in [1.82, 2.24) is 14.9 Å². The van der Waals surface area contributed by atoms with Gasteiger partial charge in [0, 0.05) is 56.0 Å². The van der Waals surface area contributed by atoms with E-state index in [4.69, 9.17) is 0 Å². The highest BCUT2D eigenvalue weighted by Gasteiger charge is 2.17. The van der Waals surface area contributed by atoms with Crippen LogP contribution in [-0.4, -0.2) is 45.4 Å². The van der Waals surface area contributed by atoms with E-state index in [0.29, 0.717) is 6.04 Å². The lowest BCUT2D eigenvalue weighted by Crippen LogP contribution is -2.35. The summed E-state index contributed by atoms with van der Waals surface area (Å²) in [5, 5.41) is 3.54. The Labute approximate surface area is 111 Å². The maximum Gasteiger partial charge on any atom is 0.204 e. The topological polar surface area (TPSA) is 50.2 Å². The summed E-state index contributed by atoms with van der Waals surface area (Å²) in [6.07, 6.45) is 3.96. The van der Waals surface area contributed by atoms with Crippen LogP contribution in [0.4, 0.5) is 5.95 Å². The lowest BCUT2D eigenvalue weighted by Gasteiger charge is -2.22. The largest absolute Gasteiger partial charge is 0.348 e. The van der Waals surface area contributed by atoms with Crippen LogP contribution in [0.5, 0.6) is 0 Å². The summed E-state index contributed by atoms with van der Waals surface area (Å²) >= 11 is 0. The molecule has 1 aromatic heterocycles. The first-order valence-electron chi connectivity index (χ1n) is 6.34. The molecule has 1 fully saturated rings. The van der Waals surface area contributed by atoms with Gasteiger partial charge in [0.15, 0.2) is 0 Å². The number of nitrogens with zero attached hydrogens (tertiary/aromatic N) is 3. The van der Waals surface area contributed by atoms with Crippen LogP contribution in [0.2, 0.25) is 0 Å². The van der Waals surface area contributed by atoms with Crippen molar-refractivity contribution >= 4 is 16.7 Å². The zero-order valence-electron chi connectivity index (χ0n) is 11.3. The van der Waals surface area contributed by atoms with Gasteiger partial charge < -0.3 is 14.8 Å². The van der Waals surface area contributed by atoms with E-state index in [0.717, 1.165) is 36.8 Å². The Hall–Kier alpha value is -0.880. The second-order valence-electron chi connectivity index (χ2n) is 5.01. The number of hydrogen-bond donors (Lipinski definition) is 1. The van der Waals surface area contributed by atoms with Gasteiger partial charge in [-0.3, -0.25) is 4.21 Å². The minimum Gasteiger partial charge on any atom is -0.348 e. The second kappa shape index (κ2) is 5.84. The number of imidazole rings is 1. The highest BCUT2D eigenvalue weighted by atomic mass is 32.2. The van der Waals surface area contributed by atoms with Gasteiger partial charge in [-0.25, -0.2) is 4.98 Å². The SMILES string of the molecule is CN(C)c1ncc(CNC2CCS(=O)CC2)n1C. The molecule has 0 unspecified atom stereocenters. The normalized spacial score (nSPS) is 24.2. The molecule has 0 aromatic carbocycles. The van der Waals surface area contributed by atoms with Gasteiger partial charge in [-0.1, -0.05) is 0 Å². The van der Waals surface area contributed by atoms with Gasteiger partial charge in [0.05, 0.1) is 11.9 Å². The average molecular weight is 270 g/mol. The fourth-order valence-electron chi connectivity index (χ4n) is 2.26. The third-order valence-corrected chi connectivity index (χ3v) is 4.80. The monoisotopic (exact) mass is 270 g/mol. The Bertz CT molecular complexity index is 420. The van der Waals surface area contributed by atoms with Gasteiger partial charge in [0.25, 0.3) is 0 Å². The number of hydrogen-bond acceptors (Lipinski definition) is 4. The van der Waals surface area contributed by atoms with Crippen molar-refractivity contribution in [2.24, 2.45) is 7.05 Å². The molecular formula is C12H22N4OS. The van der Waals surface area contributed by atoms with E-state index >= 15 is 0 Å². The maximum absolute atomic E-state index is 11.3. The van der Waals surface area contributed by atoms with E-state index in [1.807, 2.05) is 32.2 Å². The first-order chi connectivity index (χ1) is 8.58. The molecule has 1 aromatic rings. The molecule has 0 aliphatic carbocycles. The molecular weight excluding hydrogens is 248 g/mol. The summed E-state index contributed by atoms with van der Waals surface area (Å²) in [6.45, 7) is 0.828. The lowest BCUT2D eigenvalue weighted by molar-refractivity contribution is 0.468. The van der Waals surface area contributed by atoms with Crippen LogP contribution in [0.25, 0.3) is 0 Å². The minimum absolute atomic E-state index is 0.500. The molecule has 0 amide bonds. The Balaban J connectivity index is 1.88. The molecule has 0 atom stereocenters. The lowest BCUT2D eigenvalue weighted by atomic mass is 10.1. The van der Waals surface area contributed by atoms with Crippen LogP contribution in [-0.2, 0) is 24.4 Å². The van der Waals surface area contributed by atoms with Gasteiger partial charge in [-0.15, -0.1) is 0 Å². The van der Waals surface area contributed by atoms with Crippen LogP contribution < -0.4 is 10.2 Å². The Kier molecular flexibility index (Phi) is 4.40. The van der Waals surface area contributed by atoms with Crippen LogP contribution >= 0.6 is 0 Å². The van der Waals surface area contributed by atoms with Crippen molar-refractivity contribution in [2.45, 2.75) is 25.4 Å². The van der Waals surface area contributed by atoms with Crippen LogP contribution in [0.1, 0.15) is 18.5 Å². The van der Waals surface area contributed by atoms with Crippen molar-refractivity contribution < 1.29 is 4.21 Å². The molecule has 0 spiro atoms. The number of rotatable bonds is 4. The van der Waals surface area contributed by atoms with Gasteiger partial charge in [-0.05, 0) is 12.8 Å². The van der Waals surface area contributed by atoms with E-state index in [9.17, 15) is 4.21 Å². The van der Waals surface area contributed by atoms with Crippen molar-refractivity contribution in [3.8, 4) is 0 Å². The zero-order chi connectivity index (χ0) is 13.1. The molecule has 2 rings (SSSR count). The van der Waals surface area contributed by atoms with Gasteiger partial charge >= 0.3 is 0 Å². The van der Waals surface area contributed by atoms with E-state index in [1.54, 1.807) is 0 Å². The van der Waals surface area contributed by atoms with E-state index < -0.39 is 10.8 Å². The van der Waals surface area contributed by atoms with E-state index in [-0.39, 0.29) is 0 Å². The van der Waals surface area contributed by atoms with Gasteiger partial charge in [0.2, 0.25) is 5.95 Å². The minimum atomic E-state index is -0.580. The number of anilines is 1. The summed E-state index contributed by atoms with van der Waals surface area (Å²) < 4.78 is 13.4.